The van der Waals surface area contributed by atoms with Gasteiger partial charge in [-0.15, -0.1) is 0 Å². The molecule has 122 valence electrons. The summed E-state index contributed by atoms with van der Waals surface area (Å²) >= 11 is 6.43. The van der Waals surface area contributed by atoms with Gasteiger partial charge in [0, 0.05) is 24.1 Å². The summed E-state index contributed by atoms with van der Waals surface area (Å²) in [5.74, 6) is -1.02. The third-order valence-corrected chi connectivity index (χ3v) is 4.64. The number of hydrogen-bond acceptors (Lipinski definition) is 2. The van der Waals surface area contributed by atoms with Crippen LogP contribution in [0.5, 0.6) is 0 Å². The van der Waals surface area contributed by atoms with Gasteiger partial charge in [0.2, 0.25) is 0 Å². The van der Waals surface area contributed by atoms with Gasteiger partial charge in [-0.05, 0) is 23.3 Å². The zero-order valence-corrected chi connectivity index (χ0v) is 14.0. The topological polar surface area (TPSA) is 46.5 Å². The van der Waals surface area contributed by atoms with Crippen LogP contribution >= 0.6 is 11.6 Å². The monoisotopic (exact) mass is 340 g/mol. The maximum absolute atomic E-state index is 11.8. The van der Waals surface area contributed by atoms with Gasteiger partial charge in [0.05, 0.1) is 5.56 Å². The summed E-state index contributed by atoms with van der Waals surface area (Å²) in [6.45, 7) is 0. The van der Waals surface area contributed by atoms with E-state index in [9.17, 15) is 9.90 Å². The molecule has 2 aromatic carbocycles. The van der Waals surface area contributed by atoms with E-state index >= 15 is 0 Å². The van der Waals surface area contributed by atoms with Crippen molar-refractivity contribution >= 4 is 23.1 Å². The van der Waals surface area contributed by atoms with E-state index in [2.05, 4.69) is 0 Å². The quantitative estimate of drug-likeness (QED) is 0.859. The van der Waals surface area contributed by atoms with Crippen molar-refractivity contribution in [2.24, 2.45) is 0 Å². The Morgan fingerprint density at radius 3 is 2.58 bits per heavy atom. The number of carbonyl (C=O) groups is 1. The van der Waals surface area contributed by atoms with Crippen LogP contribution in [0, 0.1) is 0 Å². The molecule has 0 fully saturated rings. The Kier molecular flexibility index (Phi) is 4.56. The number of methoxy groups -OCH3 is 1. The molecule has 0 bridgehead atoms. The molecule has 3 nitrogen and oxygen atoms in total. The van der Waals surface area contributed by atoms with Crippen LogP contribution in [-0.2, 0) is 10.3 Å². The maximum atomic E-state index is 11.8. The molecule has 1 atom stereocenters. The summed E-state index contributed by atoms with van der Waals surface area (Å²) in [6.07, 6.45) is 6.38. The molecule has 0 aliphatic heterocycles. The number of carboxylic acids is 1. The Morgan fingerprint density at radius 2 is 1.92 bits per heavy atom. The van der Waals surface area contributed by atoms with Gasteiger partial charge in [0.1, 0.15) is 5.60 Å². The first-order chi connectivity index (χ1) is 11.6. The third kappa shape index (κ3) is 2.66. The van der Waals surface area contributed by atoms with E-state index in [1.165, 1.54) is 0 Å². The van der Waals surface area contributed by atoms with Crippen molar-refractivity contribution in [2.75, 3.05) is 7.11 Å². The van der Waals surface area contributed by atoms with Gasteiger partial charge in [0.25, 0.3) is 0 Å². The molecular formula is C20H17ClO3. The molecule has 1 aliphatic carbocycles. The number of allylic oxidation sites excluding steroid dienone is 2. The van der Waals surface area contributed by atoms with E-state index < -0.39 is 11.6 Å². The lowest BCUT2D eigenvalue weighted by atomic mass is 9.75. The van der Waals surface area contributed by atoms with Crippen molar-refractivity contribution in [1.29, 1.82) is 0 Å². The molecule has 0 saturated heterocycles. The summed E-state index contributed by atoms with van der Waals surface area (Å²) in [7, 11) is 1.59. The van der Waals surface area contributed by atoms with Gasteiger partial charge in [-0.1, -0.05) is 66.2 Å². The minimum Gasteiger partial charge on any atom is -0.478 e. The van der Waals surface area contributed by atoms with Gasteiger partial charge in [-0.2, -0.15) is 0 Å². The third-order valence-electron chi connectivity index (χ3n) is 4.32. The average molecular weight is 341 g/mol. The number of halogens is 1. The van der Waals surface area contributed by atoms with E-state index in [1.54, 1.807) is 25.3 Å². The minimum atomic E-state index is -1.02. The second-order valence-corrected chi connectivity index (χ2v) is 5.98. The molecule has 4 heteroatoms. The van der Waals surface area contributed by atoms with Crippen LogP contribution in [0.2, 0.25) is 5.02 Å². The second kappa shape index (κ2) is 6.63. The molecule has 0 radical (unpaired) electrons. The lowest BCUT2D eigenvalue weighted by Gasteiger charge is -2.38. The Hall–Kier alpha value is -2.36. The molecule has 1 N–H and O–H groups in total. The molecule has 1 aliphatic rings. The first-order valence-electron chi connectivity index (χ1n) is 7.60. The largest absolute Gasteiger partial charge is 0.478 e. The smallest absolute Gasteiger partial charge is 0.336 e. The number of benzene rings is 2. The zero-order valence-electron chi connectivity index (χ0n) is 13.2. The minimum absolute atomic E-state index is 0.154. The first kappa shape index (κ1) is 16.5. The molecule has 0 aromatic heterocycles. The molecule has 1 unspecified atom stereocenters. The van der Waals surface area contributed by atoms with Crippen LogP contribution in [0.25, 0.3) is 5.57 Å². The molecule has 0 heterocycles. The first-order valence-corrected chi connectivity index (χ1v) is 7.98. The number of aromatic carboxylic acids is 1. The molecular weight excluding hydrogens is 324 g/mol. The van der Waals surface area contributed by atoms with Crippen molar-refractivity contribution < 1.29 is 14.6 Å². The number of carboxylic acid groups (broad SMARTS) is 1. The lowest BCUT2D eigenvalue weighted by Crippen LogP contribution is -2.33. The zero-order chi connectivity index (χ0) is 17.2. The number of hydrogen-bond donors (Lipinski definition) is 1. The highest BCUT2D eigenvalue weighted by molar-refractivity contribution is 6.32. The Balaban J connectivity index is 2.29. The fourth-order valence-electron chi connectivity index (χ4n) is 3.23. The van der Waals surface area contributed by atoms with Gasteiger partial charge in [-0.3, -0.25) is 0 Å². The summed E-state index contributed by atoms with van der Waals surface area (Å²) < 4.78 is 5.94. The predicted octanol–water partition coefficient (Wildman–Crippen LogP) is 4.92. The van der Waals surface area contributed by atoms with E-state index in [4.69, 9.17) is 16.3 Å². The summed E-state index contributed by atoms with van der Waals surface area (Å²) in [4.78, 5) is 11.8. The number of rotatable bonds is 4. The van der Waals surface area contributed by atoms with Crippen molar-refractivity contribution in [3.63, 3.8) is 0 Å². The summed E-state index contributed by atoms with van der Waals surface area (Å²) in [5.41, 5.74) is 1.56. The van der Waals surface area contributed by atoms with Crippen molar-refractivity contribution in [3.05, 3.63) is 88.5 Å². The average Bonchev–Trinajstić information content (AvgIpc) is 2.62. The van der Waals surface area contributed by atoms with Crippen molar-refractivity contribution in [1.82, 2.24) is 0 Å². The highest BCUT2D eigenvalue weighted by Gasteiger charge is 2.41. The maximum Gasteiger partial charge on any atom is 0.336 e. The van der Waals surface area contributed by atoms with E-state index in [0.29, 0.717) is 17.0 Å². The Morgan fingerprint density at radius 1 is 1.17 bits per heavy atom. The lowest BCUT2D eigenvalue weighted by molar-refractivity contribution is 0.0378. The normalized spacial score (nSPS) is 19.8. The molecule has 2 aromatic rings. The fraction of sp³-hybridized carbons (Fsp3) is 0.150. The second-order valence-electron chi connectivity index (χ2n) is 5.58. The van der Waals surface area contributed by atoms with Crippen molar-refractivity contribution in [3.8, 4) is 0 Å². The SMILES string of the molecule is COC1(c2c(Cl)cccc2C(=O)O)CC=CC=C1c1ccccc1. The Labute approximate surface area is 145 Å². The van der Waals surface area contributed by atoms with Crippen LogP contribution in [-0.4, -0.2) is 18.2 Å². The van der Waals surface area contributed by atoms with Gasteiger partial charge < -0.3 is 9.84 Å². The summed E-state index contributed by atoms with van der Waals surface area (Å²) in [5, 5.41) is 10.0. The molecule has 0 amide bonds. The highest BCUT2D eigenvalue weighted by Crippen LogP contribution is 2.48. The Bertz CT molecular complexity index is 824. The van der Waals surface area contributed by atoms with Crippen LogP contribution in [0.4, 0.5) is 0 Å². The van der Waals surface area contributed by atoms with Crippen LogP contribution < -0.4 is 0 Å². The fourth-order valence-corrected chi connectivity index (χ4v) is 3.56. The standard InChI is InChI=1S/C20H17ClO3/c1-24-20(18-15(19(22)23)10-7-12-17(18)21)13-6-5-11-16(20)14-8-3-2-4-9-14/h2-12H,13H2,1H3,(H,22,23). The van der Waals surface area contributed by atoms with Crippen LogP contribution in [0.1, 0.15) is 27.9 Å². The molecule has 24 heavy (non-hydrogen) atoms. The molecule has 0 spiro atoms. The van der Waals surface area contributed by atoms with E-state index in [1.807, 2.05) is 48.6 Å². The van der Waals surface area contributed by atoms with Gasteiger partial charge in [0.15, 0.2) is 0 Å². The van der Waals surface area contributed by atoms with Crippen LogP contribution in [0.3, 0.4) is 0 Å². The summed E-state index contributed by atoms with van der Waals surface area (Å²) in [6, 6.07) is 14.7. The molecule has 3 rings (SSSR count). The van der Waals surface area contributed by atoms with E-state index in [-0.39, 0.29) is 5.56 Å². The number of ether oxygens (including phenoxy) is 1. The van der Waals surface area contributed by atoms with Crippen molar-refractivity contribution in [2.45, 2.75) is 12.0 Å². The van der Waals surface area contributed by atoms with Crippen LogP contribution in [0.15, 0.2) is 66.8 Å². The van der Waals surface area contributed by atoms with E-state index in [0.717, 1.165) is 11.1 Å². The predicted molar refractivity (Wildman–Crippen MR) is 95.3 cm³/mol. The van der Waals surface area contributed by atoms with Gasteiger partial charge in [-0.25, -0.2) is 4.79 Å². The molecule has 0 saturated carbocycles. The highest BCUT2D eigenvalue weighted by atomic mass is 35.5. The van der Waals surface area contributed by atoms with Gasteiger partial charge >= 0.3 is 5.97 Å².